The van der Waals surface area contributed by atoms with E-state index in [0.29, 0.717) is 13.2 Å². The van der Waals surface area contributed by atoms with Crippen molar-refractivity contribution in [1.29, 1.82) is 0 Å². The van der Waals surface area contributed by atoms with Crippen LogP contribution in [0.25, 0.3) is 0 Å². The summed E-state index contributed by atoms with van der Waals surface area (Å²) in [6.07, 6.45) is 0. The molecule has 5 heteroatoms. The summed E-state index contributed by atoms with van der Waals surface area (Å²) >= 11 is 0. The van der Waals surface area contributed by atoms with Crippen LogP contribution in [0, 0.1) is 0 Å². The fraction of sp³-hybridized carbons (Fsp3) is 1.00. The van der Waals surface area contributed by atoms with Gasteiger partial charge in [0.15, 0.2) is 0 Å². The lowest BCUT2D eigenvalue weighted by Crippen LogP contribution is -2.09. The molecular weight excluding hydrogens is 141 g/mol. The number of rotatable bonds is 1. The van der Waals surface area contributed by atoms with Crippen LogP contribution in [-0.4, -0.2) is 32.0 Å². The van der Waals surface area contributed by atoms with Crippen molar-refractivity contribution < 1.29 is 13.6 Å². The van der Waals surface area contributed by atoms with Crippen molar-refractivity contribution in [3.05, 3.63) is 0 Å². The first-order chi connectivity index (χ1) is 4.19. The number of hydrogen-bond donors (Lipinski definition) is 0. The van der Waals surface area contributed by atoms with Crippen molar-refractivity contribution in [2.24, 2.45) is 0 Å². The van der Waals surface area contributed by atoms with Gasteiger partial charge in [-0.25, -0.2) is 9.24 Å². The molecule has 1 fully saturated rings. The number of hydrogen-bond acceptors (Lipinski definition) is 3. The lowest BCUT2D eigenvalue weighted by molar-refractivity contribution is 0.256. The van der Waals surface area contributed by atoms with E-state index in [9.17, 15) is 4.57 Å². The van der Waals surface area contributed by atoms with Crippen molar-refractivity contribution in [2.75, 3.05) is 27.3 Å². The van der Waals surface area contributed by atoms with Crippen LogP contribution in [-0.2, 0) is 13.6 Å². The summed E-state index contributed by atoms with van der Waals surface area (Å²) in [5.41, 5.74) is 0. The Morgan fingerprint density at radius 2 is 2.44 bits per heavy atom. The van der Waals surface area contributed by atoms with E-state index in [4.69, 9.17) is 4.52 Å². The van der Waals surface area contributed by atoms with Gasteiger partial charge in [-0.1, -0.05) is 0 Å². The van der Waals surface area contributed by atoms with Crippen molar-refractivity contribution in [1.82, 2.24) is 4.67 Å². The predicted molar refractivity (Wildman–Crippen MR) is 33.2 cm³/mol. The van der Waals surface area contributed by atoms with Gasteiger partial charge in [0.1, 0.15) is 0 Å². The second kappa shape index (κ2) is 2.39. The zero-order valence-corrected chi connectivity index (χ0v) is 6.43. The van der Waals surface area contributed by atoms with Gasteiger partial charge in [-0.05, 0) is 7.05 Å². The molecule has 0 N–H and O–H groups in total. The quantitative estimate of drug-likeness (QED) is 0.517. The highest BCUT2D eigenvalue weighted by Crippen LogP contribution is 2.53. The Labute approximate surface area is 54.3 Å². The minimum absolute atomic E-state index is 0.502. The minimum atomic E-state index is -2.81. The molecule has 1 unspecified atom stereocenters. The molecule has 0 saturated carbocycles. The van der Waals surface area contributed by atoms with Crippen LogP contribution in [0.1, 0.15) is 0 Å². The molecule has 0 bridgehead atoms. The molecule has 0 aliphatic carbocycles. The summed E-state index contributed by atoms with van der Waals surface area (Å²) in [4.78, 5) is 0. The van der Waals surface area contributed by atoms with Gasteiger partial charge in [0.2, 0.25) is 0 Å². The molecule has 54 valence electrons. The molecule has 1 aliphatic heterocycles. The molecule has 0 aromatic carbocycles. The summed E-state index contributed by atoms with van der Waals surface area (Å²) in [7, 11) is 0.302. The van der Waals surface area contributed by atoms with E-state index in [1.165, 1.54) is 7.11 Å². The van der Waals surface area contributed by atoms with E-state index in [0.717, 1.165) is 0 Å². The van der Waals surface area contributed by atoms with Crippen molar-refractivity contribution >= 4 is 7.75 Å². The maximum Gasteiger partial charge on any atom is 0.407 e. The summed E-state index contributed by atoms with van der Waals surface area (Å²) in [5, 5.41) is 0. The van der Waals surface area contributed by atoms with Crippen LogP contribution < -0.4 is 0 Å². The smallest absolute Gasteiger partial charge is 0.300 e. The third-order valence-electron chi connectivity index (χ3n) is 1.32. The average Bonchev–Trinajstić information content (AvgIpc) is 2.15. The Hall–Kier alpha value is 0.110. The van der Waals surface area contributed by atoms with Crippen LogP contribution >= 0.6 is 7.75 Å². The molecule has 0 radical (unpaired) electrons. The standard InChI is InChI=1S/C4H10NO3P/c1-5-3-4-8-9(5,6)7-2/h3-4H2,1-2H3. The van der Waals surface area contributed by atoms with Crippen LogP contribution in [0.15, 0.2) is 0 Å². The average molecular weight is 151 g/mol. The summed E-state index contributed by atoms with van der Waals surface area (Å²) in [6, 6.07) is 0. The fourth-order valence-electron chi connectivity index (χ4n) is 0.701. The van der Waals surface area contributed by atoms with Gasteiger partial charge in [0, 0.05) is 13.7 Å². The summed E-state index contributed by atoms with van der Waals surface area (Å²) < 4.78 is 22.3. The van der Waals surface area contributed by atoms with E-state index in [1.54, 1.807) is 11.7 Å². The van der Waals surface area contributed by atoms with E-state index in [1.807, 2.05) is 0 Å². The largest absolute Gasteiger partial charge is 0.407 e. The SMILES string of the molecule is COP1(=O)OCCN1C. The van der Waals surface area contributed by atoms with E-state index in [2.05, 4.69) is 4.52 Å². The molecule has 1 saturated heterocycles. The molecule has 4 nitrogen and oxygen atoms in total. The molecule has 1 rings (SSSR count). The molecule has 0 aromatic heterocycles. The van der Waals surface area contributed by atoms with Gasteiger partial charge in [-0.15, -0.1) is 0 Å². The Morgan fingerprint density at radius 3 is 2.67 bits per heavy atom. The molecule has 0 spiro atoms. The second-order valence-corrected chi connectivity index (χ2v) is 4.11. The summed E-state index contributed by atoms with van der Waals surface area (Å²) in [6.45, 7) is 1.19. The van der Waals surface area contributed by atoms with Crippen LogP contribution in [0.5, 0.6) is 0 Å². The Morgan fingerprint density at radius 1 is 1.78 bits per heavy atom. The molecule has 0 aromatic rings. The highest BCUT2D eigenvalue weighted by Gasteiger charge is 2.34. The van der Waals surface area contributed by atoms with Gasteiger partial charge >= 0.3 is 7.75 Å². The first-order valence-electron chi connectivity index (χ1n) is 2.71. The second-order valence-electron chi connectivity index (χ2n) is 1.87. The van der Waals surface area contributed by atoms with Crippen molar-refractivity contribution in [3.63, 3.8) is 0 Å². The Balaban J connectivity index is 2.68. The Kier molecular flexibility index (Phi) is 1.91. The fourth-order valence-corrected chi connectivity index (χ4v) is 1.92. The van der Waals surface area contributed by atoms with Gasteiger partial charge in [0.05, 0.1) is 6.61 Å². The minimum Gasteiger partial charge on any atom is -0.300 e. The van der Waals surface area contributed by atoms with Gasteiger partial charge < -0.3 is 0 Å². The third-order valence-corrected chi connectivity index (χ3v) is 3.32. The number of likely N-dealkylation sites (N-methyl/N-ethyl adjacent to an activating group) is 1. The van der Waals surface area contributed by atoms with Crippen molar-refractivity contribution in [2.45, 2.75) is 0 Å². The third kappa shape index (κ3) is 1.17. The molecule has 0 amide bonds. The highest BCUT2D eigenvalue weighted by atomic mass is 31.2. The molecular formula is C4H10NO3P. The molecule has 1 aliphatic rings. The lowest BCUT2D eigenvalue weighted by atomic mass is 10.7. The first kappa shape index (κ1) is 7.22. The lowest BCUT2D eigenvalue weighted by Gasteiger charge is -2.13. The molecule has 9 heavy (non-hydrogen) atoms. The van der Waals surface area contributed by atoms with Gasteiger partial charge in [-0.2, -0.15) is 0 Å². The molecule has 1 atom stereocenters. The highest BCUT2D eigenvalue weighted by molar-refractivity contribution is 7.51. The molecule has 1 heterocycles. The van der Waals surface area contributed by atoms with Crippen LogP contribution in [0.2, 0.25) is 0 Å². The zero-order chi connectivity index (χ0) is 6.91. The normalized spacial score (nSPS) is 37.6. The first-order valence-corrected chi connectivity index (χ1v) is 4.20. The maximum atomic E-state index is 11.2. The monoisotopic (exact) mass is 151 g/mol. The zero-order valence-electron chi connectivity index (χ0n) is 5.53. The van der Waals surface area contributed by atoms with E-state index < -0.39 is 7.75 Å². The van der Waals surface area contributed by atoms with E-state index >= 15 is 0 Å². The maximum absolute atomic E-state index is 11.2. The van der Waals surface area contributed by atoms with Gasteiger partial charge in [-0.3, -0.25) is 9.05 Å². The Bertz CT molecular complexity index is 149. The van der Waals surface area contributed by atoms with Crippen LogP contribution in [0.3, 0.4) is 0 Å². The van der Waals surface area contributed by atoms with Crippen molar-refractivity contribution in [3.8, 4) is 0 Å². The van der Waals surface area contributed by atoms with Gasteiger partial charge in [0.25, 0.3) is 0 Å². The van der Waals surface area contributed by atoms with Crippen LogP contribution in [0.4, 0.5) is 0 Å². The van der Waals surface area contributed by atoms with E-state index in [-0.39, 0.29) is 0 Å². The summed E-state index contributed by atoms with van der Waals surface area (Å²) in [5.74, 6) is 0. The topological polar surface area (TPSA) is 38.8 Å². The predicted octanol–water partition coefficient (Wildman–Crippen LogP) is 0.703. The number of nitrogens with zero attached hydrogens (tertiary/aromatic N) is 1.